The third-order valence-corrected chi connectivity index (χ3v) is 3.70. The molecule has 2 aromatic rings. The van der Waals surface area contributed by atoms with Crippen LogP contribution in [0, 0.1) is 13.8 Å². The Morgan fingerprint density at radius 3 is 2.35 bits per heavy atom. The van der Waals surface area contributed by atoms with Crippen LogP contribution in [-0.4, -0.2) is 31.5 Å². The number of amides is 2. The Hall–Kier alpha value is -2.57. The van der Waals surface area contributed by atoms with Crippen molar-refractivity contribution in [1.82, 2.24) is 5.32 Å². The molecule has 0 unspecified atom stereocenters. The second-order valence-corrected chi connectivity index (χ2v) is 5.69. The molecule has 7 heteroatoms. The highest BCUT2D eigenvalue weighted by Gasteiger charge is 2.09. The molecule has 2 aromatic carbocycles. The van der Waals surface area contributed by atoms with Crippen molar-refractivity contribution in [2.45, 2.75) is 13.8 Å². The van der Waals surface area contributed by atoms with Gasteiger partial charge in [0.1, 0.15) is 12.4 Å². The molecule has 0 aromatic heterocycles. The van der Waals surface area contributed by atoms with Gasteiger partial charge in [0.25, 0.3) is 5.91 Å². The van der Waals surface area contributed by atoms with Gasteiger partial charge < -0.3 is 21.1 Å². The summed E-state index contributed by atoms with van der Waals surface area (Å²) >= 11 is 0. The van der Waals surface area contributed by atoms with Gasteiger partial charge in [0, 0.05) is 17.8 Å². The van der Waals surface area contributed by atoms with E-state index in [1.54, 1.807) is 30.3 Å². The highest BCUT2D eigenvalue weighted by Crippen LogP contribution is 2.15. The molecule has 140 valence electrons. The molecule has 0 saturated heterocycles. The zero-order valence-electron chi connectivity index (χ0n) is 14.9. The molecule has 6 nitrogen and oxygen atoms in total. The molecule has 0 fully saturated rings. The molecule has 0 aliphatic heterocycles. The normalized spacial score (nSPS) is 9.81. The number of carbonyl (C=O) groups excluding carboxylic acids is 2. The van der Waals surface area contributed by atoms with Gasteiger partial charge in [-0.3, -0.25) is 9.59 Å². The van der Waals surface area contributed by atoms with Crippen molar-refractivity contribution in [3.63, 3.8) is 0 Å². The summed E-state index contributed by atoms with van der Waals surface area (Å²) in [5.41, 5.74) is 8.70. The van der Waals surface area contributed by atoms with Gasteiger partial charge >= 0.3 is 0 Å². The number of benzene rings is 2. The van der Waals surface area contributed by atoms with Crippen molar-refractivity contribution in [2.24, 2.45) is 5.73 Å². The van der Waals surface area contributed by atoms with Crippen molar-refractivity contribution in [1.29, 1.82) is 0 Å². The summed E-state index contributed by atoms with van der Waals surface area (Å²) < 4.78 is 5.37. The molecule has 0 bridgehead atoms. The summed E-state index contributed by atoms with van der Waals surface area (Å²) in [4.78, 5) is 24.0. The van der Waals surface area contributed by atoms with Crippen molar-refractivity contribution in [3.05, 3.63) is 59.2 Å². The third kappa shape index (κ3) is 6.38. The fourth-order valence-electron chi connectivity index (χ4n) is 2.16. The van der Waals surface area contributed by atoms with Crippen molar-refractivity contribution < 1.29 is 14.3 Å². The number of carbonyl (C=O) groups is 2. The van der Waals surface area contributed by atoms with Gasteiger partial charge in [-0.2, -0.15) is 0 Å². The van der Waals surface area contributed by atoms with Gasteiger partial charge in [-0.05, 0) is 61.4 Å². The first kappa shape index (κ1) is 21.5. The molecular weight excluding hydrogens is 354 g/mol. The predicted octanol–water partition coefficient (Wildman–Crippen LogP) is 2.43. The zero-order chi connectivity index (χ0) is 18.2. The molecule has 0 heterocycles. The first-order chi connectivity index (χ1) is 12.0. The lowest BCUT2D eigenvalue weighted by Gasteiger charge is -2.09. The molecule has 26 heavy (non-hydrogen) atoms. The monoisotopic (exact) mass is 377 g/mol. The van der Waals surface area contributed by atoms with Gasteiger partial charge in [0.15, 0.2) is 0 Å². The van der Waals surface area contributed by atoms with Gasteiger partial charge in [-0.1, -0.05) is 6.07 Å². The minimum Gasteiger partial charge on any atom is -0.492 e. The zero-order valence-corrected chi connectivity index (χ0v) is 15.7. The Morgan fingerprint density at radius 2 is 1.73 bits per heavy atom. The molecule has 0 aliphatic rings. The Balaban J connectivity index is 0.00000338. The Bertz CT molecular complexity index is 748. The Labute approximate surface area is 159 Å². The summed E-state index contributed by atoms with van der Waals surface area (Å²) in [6, 6.07) is 12.4. The smallest absolute Gasteiger partial charge is 0.251 e. The van der Waals surface area contributed by atoms with Gasteiger partial charge in [0.2, 0.25) is 5.91 Å². The van der Waals surface area contributed by atoms with Gasteiger partial charge in [-0.15, -0.1) is 12.4 Å². The number of anilines is 1. The van der Waals surface area contributed by atoms with E-state index >= 15 is 0 Å². The molecule has 0 aliphatic carbocycles. The maximum atomic E-state index is 12.1. The third-order valence-electron chi connectivity index (χ3n) is 3.70. The molecule has 0 saturated carbocycles. The minimum atomic E-state index is -0.298. The second-order valence-electron chi connectivity index (χ2n) is 5.69. The molecule has 0 radical (unpaired) electrons. The van der Waals surface area contributed by atoms with Crippen LogP contribution >= 0.6 is 12.4 Å². The molecular formula is C19H24ClN3O3. The van der Waals surface area contributed by atoms with E-state index in [4.69, 9.17) is 10.5 Å². The number of hydrogen-bond donors (Lipinski definition) is 3. The number of hydrogen-bond acceptors (Lipinski definition) is 4. The average molecular weight is 378 g/mol. The van der Waals surface area contributed by atoms with Gasteiger partial charge in [0.05, 0.1) is 6.54 Å². The largest absolute Gasteiger partial charge is 0.492 e. The fraction of sp³-hybridized carbons (Fsp3) is 0.263. The van der Waals surface area contributed by atoms with Crippen LogP contribution in [0.3, 0.4) is 0 Å². The maximum absolute atomic E-state index is 12.1. The number of halogens is 1. The van der Waals surface area contributed by atoms with Crippen LogP contribution in [0.2, 0.25) is 0 Å². The summed E-state index contributed by atoms with van der Waals surface area (Å²) in [7, 11) is 0. The highest BCUT2D eigenvalue weighted by atomic mass is 35.5. The second kappa shape index (κ2) is 10.4. The van der Waals surface area contributed by atoms with Crippen LogP contribution in [0.15, 0.2) is 42.5 Å². The highest BCUT2D eigenvalue weighted by molar-refractivity contribution is 5.99. The lowest BCUT2D eigenvalue weighted by Crippen LogP contribution is -2.32. The van der Waals surface area contributed by atoms with Crippen LogP contribution in [0.25, 0.3) is 0 Å². The van der Waals surface area contributed by atoms with Crippen LogP contribution in [0.5, 0.6) is 5.75 Å². The van der Waals surface area contributed by atoms with Crippen LogP contribution < -0.4 is 21.1 Å². The summed E-state index contributed by atoms with van der Waals surface area (Å²) in [5.74, 6) is 0.114. The van der Waals surface area contributed by atoms with E-state index in [1.165, 1.54) is 0 Å². The fourth-order valence-corrected chi connectivity index (χ4v) is 2.16. The van der Waals surface area contributed by atoms with Crippen LogP contribution in [0.4, 0.5) is 5.69 Å². The van der Waals surface area contributed by atoms with E-state index in [0.29, 0.717) is 30.2 Å². The van der Waals surface area contributed by atoms with E-state index in [2.05, 4.69) is 10.6 Å². The topological polar surface area (TPSA) is 93.5 Å². The van der Waals surface area contributed by atoms with Crippen molar-refractivity contribution in [3.8, 4) is 5.75 Å². The molecule has 2 rings (SSSR count). The number of aryl methyl sites for hydroxylation is 2. The quantitative estimate of drug-likeness (QED) is 0.690. The predicted molar refractivity (Wildman–Crippen MR) is 105 cm³/mol. The minimum absolute atomic E-state index is 0. The van der Waals surface area contributed by atoms with E-state index in [0.717, 1.165) is 11.1 Å². The lowest BCUT2D eigenvalue weighted by atomic mass is 10.1. The van der Waals surface area contributed by atoms with Crippen LogP contribution in [-0.2, 0) is 4.79 Å². The molecule has 0 spiro atoms. The number of ether oxygens (including phenoxy) is 1. The van der Waals surface area contributed by atoms with Crippen molar-refractivity contribution in [2.75, 3.05) is 25.0 Å². The van der Waals surface area contributed by atoms with Gasteiger partial charge in [-0.25, -0.2) is 0 Å². The standard InChI is InChI=1S/C19H23N3O3.ClH/c1-13-3-4-15(11-14(13)2)19(24)21-12-18(23)22-16-5-7-17(8-6-16)25-10-9-20;/h3-8,11H,9-10,12,20H2,1-2H3,(H,21,24)(H,22,23);1H. The lowest BCUT2D eigenvalue weighted by molar-refractivity contribution is -0.115. The Kier molecular flexibility index (Phi) is 8.61. The first-order valence-electron chi connectivity index (χ1n) is 8.08. The van der Waals surface area contributed by atoms with Crippen LogP contribution in [0.1, 0.15) is 21.5 Å². The van der Waals surface area contributed by atoms with E-state index < -0.39 is 0 Å². The van der Waals surface area contributed by atoms with E-state index in [1.807, 2.05) is 26.0 Å². The number of nitrogens with two attached hydrogens (primary N) is 1. The summed E-state index contributed by atoms with van der Waals surface area (Å²) in [6.45, 7) is 4.71. The molecule has 4 N–H and O–H groups in total. The first-order valence-corrected chi connectivity index (χ1v) is 8.08. The van der Waals surface area contributed by atoms with E-state index in [-0.39, 0.29) is 30.8 Å². The molecule has 0 atom stereocenters. The summed E-state index contributed by atoms with van der Waals surface area (Å²) in [6.07, 6.45) is 0. The number of rotatable bonds is 7. The van der Waals surface area contributed by atoms with Crippen molar-refractivity contribution >= 4 is 29.9 Å². The van der Waals surface area contributed by atoms with E-state index in [9.17, 15) is 9.59 Å². The SMILES string of the molecule is Cc1ccc(C(=O)NCC(=O)Nc2ccc(OCCN)cc2)cc1C.Cl. The molecule has 2 amide bonds. The Morgan fingerprint density at radius 1 is 1.04 bits per heavy atom. The maximum Gasteiger partial charge on any atom is 0.251 e. The summed E-state index contributed by atoms with van der Waals surface area (Å²) in [5, 5.41) is 5.33. The average Bonchev–Trinajstić information content (AvgIpc) is 2.61. The number of nitrogens with one attached hydrogen (secondary N) is 2.